The van der Waals surface area contributed by atoms with Crippen LogP contribution in [0.1, 0.15) is 31.2 Å². The summed E-state index contributed by atoms with van der Waals surface area (Å²) >= 11 is 0. The normalized spacial score (nSPS) is 15.8. The zero-order chi connectivity index (χ0) is 15.2. The van der Waals surface area contributed by atoms with Gasteiger partial charge in [-0.1, -0.05) is 42.5 Å². The van der Waals surface area contributed by atoms with Gasteiger partial charge in [-0.25, -0.2) is 0 Å². The Balaban J connectivity index is 1.51. The second-order valence-corrected chi connectivity index (χ2v) is 6.15. The molecule has 1 aliphatic rings. The molecule has 0 bridgehead atoms. The highest BCUT2D eigenvalue weighted by Crippen LogP contribution is 2.19. The van der Waals surface area contributed by atoms with Gasteiger partial charge in [-0.2, -0.15) is 0 Å². The molecule has 2 aromatic carbocycles. The Morgan fingerprint density at radius 2 is 1.86 bits per heavy atom. The molecule has 0 unspecified atom stereocenters. The van der Waals surface area contributed by atoms with Gasteiger partial charge in [0, 0.05) is 13.0 Å². The molecule has 2 N–H and O–H groups in total. The quantitative estimate of drug-likeness (QED) is 0.889. The van der Waals surface area contributed by atoms with E-state index >= 15 is 0 Å². The Morgan fingerprint density at radius 1 is 1.09 bits per heavy atom. The van der Waals surface area contributed by atoms with Gasteiger partial charge in [-0.15, -0.1) is 0 Å². The van der Waals surface area contributed by atoms with Crippen molar-refractivity contribution in [2.45, 2.75) is 32.2 Å². The Hall–Kier alpha value is -1.87. The van der Waals surface area contributed by atoms with Crippen LogP contribution < -0.4 is 10.6 Å². The molecule has 1 saturated heterocycles. The third kappa shape index (κ3) is 3.86. The first kappa shape index (κ1) is 15.0. The lowest BCUT2D eigenvalue weighted by Gasteiger charge is -2.22. The van der Waals surface area contributed by atoms with Gasteiger partial charge in [-0.05, 0) is 54.6 Å². The van der Waals surface area contributed by atoms with Crippen LogP contribution in [0.4, 0.5) is 0 Å². The highest BCUT2D eigenvalue weighted by atomic mass is 16.1. The highest BCUT2D eigenvalue weighted by Gasteiger charge is 2.14. The summed E-state index contributed by atoms with van der Waals surface area (Å²) in [4.78, 5) is 12.1. The van der Waals surface area contributed by atoms with E-state index in [1.807, 2.05) is 12.1 Å². The van der Waals surface area contributed by atoms with E-state index in [2.05, 4.69) is 41.0 Å². The van der Waals surface area contributed by atoms with Crippen LogP contribution in [-0.4, -0.2) is 19.0 Å². The fraction of sp³-hybridized carbons (Fsp3) is 0.421. The summed E-state index contributed by atoms with van der Waals surface area (Å²) in [6, 6.07) is 14.6. The lowest BCUT2D eigenvalue weighted by Crippen LogP contribution is -2.29. The van der Waals surface area contributed by atoms with Gasteiger partial charge in [0.2, 0.25) is 5.91 Å². The van der Waals surface area contributed by atoms with Crippen LogP contribution in [0.3, 0.4) is 0 Å². The van der Waals surface area contributed by atoms with Crippen molar-refractivity contribution < 1.29 is 4.79 Å². The summed E-state index contributed by atoms with van der Waals surface area (Å²) < 4.78 is 0. The first-order chi connectivity index (χ1) is 10.8. The molecule has 1 fully saturated rings. The number of rotatable bonds is 5. The zero-order valence-corrected chi connectivity index (χ0v) is 13.0. The lowest BCUT2D eigenvalue weighted by molar-refractivity contribution is -0.121. The van der Waals surface area contributed by atoms with Crippen molar-refractivity contribution in [3.8, 4) is 0 Å². The Bertz CT molecular complexity index is 627. The van der Waals surface area contributed by atoms with E-state index in [-0.39, 0.29) is 5.91 Å². The fourth-order valence-electron chi connectivity index (χ4n) is 3.23. The van der Waals surface area contributed by atoms with E-state index < -0.39 is 0 Å². The van der Waals surface area contributed by atoms with Crippen molar-refractivity contribution >= 4 is 16.7 Å². The summed E-state index contributed by atoms with van der Waals surface area (Å²) in [6.45, 7) is 2.82. The molecule has 0 radical (unpaired) electrons. The van der Waals surface area contributed by atoms with E-state index in [4.69, 9.17) is 0 Å². The van der Waals surface area contributed by atoms with Crippen LogP contribution in [0.15, 0.2) is 42.5 Å². The summed E-state index contributed by atoms with van der Waals surface area (Å²) in [5.41, 5.74) is 1.19. The molecule has 1 heterocycles. The van der Waals surface area contributed by atoms with Crippen molar-refractivity contribution in [1.29, 1.82) is 0 Å². The van der Waals surface area contributed by atoms with Crippen molar-refractivity contribution in [2.75, 3.05) is 13.1 Å². The van der Waals surface area contributed by atoms with Crippen molar-refractivity contribution in [2.24, 2.45) is 5.92 Å². The maximum absolute atomic E-state index is 12.1. The van der Waals surface area contributed by atoms with E-state index in [0.29, 0.717) is 18.9 Å². The second-order valence-electron chi connectivity index (χ2n) is 6.15. The Labute approximate surface area is 132 Å². The molecule has 3 rings (SSSR count). The molecule has 0 aromatic heterocycles. The number of amides is 1. The number of hydrogen-bond acceptors (Lipinski definition) is 2. The van der Waals surface area contributed by atoms with Crippen molar-refractivity contribution in [3.05, 3.63) is 48.0 Å². The summed E-state index contributed by atoms with van der Waals surface area (Å²) in [5.74, 6) is 0.885. The first-order valence-electron chi connectivity index (χ1n) is 8.27. The van der Waals surface area contributed by atoms with E-state index in [9.17, 15) is 4.79 Å². The molecular weight excluding hydrogens is 272 g/mol. The molecule has 0 atom stereocenters. The average molecular weight is 296 g/mol. The molecule has 0 spiro atoms. The number of piperidine rings is 1. The molecule has 1 amide bonds. The molecular formula is C19H24N2O. The number of fused-ring (bicyclic) bond motifs is 1. The van der Waals surface area contributed by atoms with Crippen LogP contribution in [0.25, 0.3) is 10.8 Å². The van der Waals surface area contributed by atoms with E-state index in [0.717, 1.165) is 19.5 Å². The summed E-state index contributed by atoms with van der Waals surface area (Å²) in [7, 11) is 0. The largest absolute Gasteiger partial charge is 0.352 e. The van der Waals surface area contributed by atoms with Gasteiger partial charge >= 0.3 is 0 Å². The predicted molar refractivity (Wildman–Crippen MR) is 90.6 cm³/mol. The maximum atomic E-state index is 12.1. The fourth-order valence-corrected chi connectivity index (χ4v) is 3.23. The molecule has 2 aromatic rings. The molecule has 3 nitrogen and oxygen atoms in total. The lowest BCUT2D eigenvalue weighted by atomic mass is 9.93. The number of hydrogen-bond donors (Lipinski definition) is 2. The standard InChI is InChI=1S/C19H24N2O/c22-19(9-8-15-10-12-20-13-11-15)21-14-17-6-3-5-16-4-1-2-7-18(16)17/h1-7,15,20H,8-14H2,(H,21,22). The second kappa shape index (κ2) is 7.41. The van der Waals surface area contributed by atoms with Crippen molar-refractivity contribution in [1.82, 2.24) is 10.6 Å². The van der Waals surface area contributed by atoms with Gasteiger partial charge in [0.1, 0.15) is 0 Å². The van der Waals surface area contributed by atoms with Gasteiger partial charge in [0.25, 0.3) is 0 Å². The minimum absolute atomic E-state index is 0.173. The minimum Gasteiger partial charge on any atom is -0.352 e. The topological polar surface area (TPSA) is 41.1 Å². The Kier molecular flexibility index (Phi) is 5.07. The van der Waals surface area contributed by atoms with E-state index in [1.165, 1.54) is 29.2 Å². The molecule has 0 saturated carbocycles. The highest BCUT2D eigenvalue weighted by molar-refractivity contribution is 5.86. The summed E-state index contributed by atoms with van der Waals surface area (Å²) in [5, 5.41) is 8.89. The van der Waals surface area contributed by atoms with Gasteiger partial charge in [0.05, 0.1) is 0 Å². The molecule has 0 aliphatic carbocycles. The van der Waals surface area contributed by atoms with Crippen molar-refractivity contribution in [3.63, 3.8) is 0 Å². The van der Waals surface area contributed by atoms with Gasteiger partial charge in [0.15, 0.2) is 0 Å². The number of carbonyl (C=O) groups excluding carboxylic acids is 1. The molecule has 22 heavy (non-hydrogen) atoms. The van der Waals surface area contributed by atoms with Gasteiger partial charge < -0.3 is 10.6 Å². The molecule has 1 aliphatic heterocycles. The maximum Gasteiger partial charge on any atom is 0.220 e. The smallest absolute Gasteiger partial charge is 0.220 e. The van der Waals surface area contributed by atoms with E-state index in [1.54, 1.807) is 0 Å². The Morgan fingerprint density at radius 3 is 2.73 bits per heavy atom. The number of nitrogens with one attached hydrogen (secondary N) is 2. The average Bonchev–Trinajstić information content (AvgIpc) is 2.59. The zero-order valence-electron chi connectivity index (χ0n) is 13.0. The number of benzene rings is 2. The van der Waals surface area contributed by atoms with Crippen LogP contribution >= 0.6 is 0 Å². The van der Waals surface area contributed by atoms with Crippen LogP contribution in [0.2, 0.25) is 0 Å². The van der Waals surface area contributed by atoms with Crippen LogP contribution in [-0.2, 0) is 11.3 Å². The third-order valence-electron chi connectivity index (χ3n) is 4.59. The van der Waals surface area contributed by atoms with Crippen LogP contribution in [0.5, 0.6) is 0 Å². The molecule has 3 heteroatoms. The first-order valence-corrected chi connectivity index (χ1v) is 8.27. The van der Waals surface area contributed by atoms with Crippen LogP contribution in [0, 0.1) is 5.92 Å². The monoisotopic (exact) mass is 296 g/mol. The number of carbonyl (C=O) groups is 1. The third-order valence-corrected chi connectivity index (χ3v) is 4.59. The molecule has 116 valence electrons. The van der Waals surface area contributed by atoms with Gasteiger partial charge in [-0.3, -0.25) is 4.79 Å². The predicted octanol–water partition coefficient (Wildman–Crippen LogP) is 3.24. The minimum atomic E-state index is 0.173. The SMILES string of the molecule is O=C(CCC1CCNCC1)NCc1cccc2ccccc12. The summed E-state index contributed by atoms with van der Waals surface area (Å²) in [6.07, 6.45) is 4.08.